The number of benzene rings is 1. The highest BCUT2D eigenvalue weighted by atomic mass is 35.5. The molecule has 1 atom stereocenters. The third-order valence-electron chi connectivity index (χ3n) is 2.38. The Morgan fingerprint density at radius 1 is 1.24 bits per heavy atom. The number of nitrogens with one attached hydrogen (secondary N) is 1. The van der Waals surface area contributed by atoms with Crippen LogP contribution in [0.3, 0.4) is 0 Å². The molecular weight excluding hydrogens is 257 g/mol. The number of hydrogen-bond acceptors (Lipinski definition) is 2. The lowest BCUT2D eigenvalue weighted by Gasteiger charge is -2.24. The summed E-state index contributed by atoms with van der Waals surface area (Å²) in [5.74, 6) is 0. The summed E-state index contributed by atoms with van der Waals surface area (Å²) < 4.78 is 5.77. The van der Waals surface area contributed by atoms with E-state index in [0.29, 0.717) is 16.7 Å². The molecule has 0 aliphatic heterocycles. The zero-order chi connectivity index (χ0) is 13.1. The van der Waals surface area contributed by atoms with Crippen molar-refractivity contribution < 1.29 is 4.74 Å². The van der Waals surface area contributed by atoms with Gasteiger partial charge in [-0.1, -0.05) is 29.3 Å². The van der Waals surface area contributed by atoms with Crippen LogP contribution < -0.4 is 5.32 Å². The zero-order valence-corrected chi connectivity index (χ0v) is 12.2. The molecule has 0 heterocycles. The first kappa shape index (κ1) is 14.8. The van der Waals surface area contributed by atoms with Crippen LogP contribution in [0.5, 0.6) is 0 Å². The van der Waals surface area contributed by atoms with Crippen LogP contribution in [-0.4, -0.2) is 19.3 Å². The second-order valence-corrected chi connectivity index (χ2v) is 5.75. The van der Waals surface area contributed by atoms with Crippen molar-refractivity contribution in [3.63, 3.8) is 0 Å². The van der Waals surface area contributed by atoms with Crippen LogP contribution in [0, 0.1) is 0 Å². The molecule has 1 rings (SSSR count). The Kier molecular flexibility index (Phi) is 5.26. The van der Waals surface area contributed by atoms with Crippen molar-refractivity contribution in [3.05, 3.63) is 33.8 Å². The van der Waals surface area contributed by atoms with Gasteiger partial charge in [0.15, 0.2) is 0 Å². The van der Waals surface area contributed by atoms with E-state index in [0.717, 1.165) is 5.56 Å². The van der Waals surface area contributed by atoms with Crippen LogP contribution in [0.15, 0.2) is 18.2 Å². The minimum absolute atomic E-state index is 0.115. The van der Waals surface area contributed by atoms with Gasteiger partial charge in [-0.05, 0) is 45.5 Å². The number of ether oxygens (including phenoxy) is 1. The molecule has 0 radical (unpaired) electrons. The summed E-state index contributed by atoms with van der Waals surface area (Å²) in [6.07, 6.45) is 0. The van der Waals surface area contributed by atoms with Gasteiger partial charge in [0.1, 0.15) is 0 Å². The fourth-order valence-corrected chi connectivity index (χ4v) is 1.72. The number of halogens is 2. The van der Waals surface area contributed by atoms with Gasteiger partial charge in [0.2, 0.25) is 0 Å². The summed E-state index contributed by atoms with van der Waals surface area (Å²) in [5, 5.41) is 4.35. The number of hydrogen-bond donors (Lipinski definition) is 1. The van der Waals surface area contributed by atoms with E-state index in [1.165, 1.54) is 0 Å². The highest BCUT2D eigenvalue weighted by Gasteiger charge is 2.16. The molecule has 0 amide bonds. The first-order chi connectivity index (χ1) is 7.83. The number of rotatable bonds is 4. The molecule has 0 fully saturated rings. The smallest absolute Gasteiger partial charge is 0.0668 e. The van der Waals surface area contributed by atoms with E-state index in [9.17, 15) is 0 Å². The molecule has 2 nitrogen and oxygen atoms in total. The quantitative estimate of drug-likeness (QED) is 0.895. The molecule has 0 saturated carbocycles. The Labute approximate surface area is 113 Å². The van der Waals surface area contributed by atoms with Gasteiger partial charge < -0.3 is 10.1 Å². The van der Waals surface area contributed by atoms with Gasteiger partial charge in [0.05, 0.1) is 28.3 Å². The molecule has 0 spiro atoms. The van der Waals surface area contributed by atoms with E-state index >= 15 is 0 Å². The van der Waals surface area contributed by atoms with Crippen LogP contribution in [-0.2, 0) is 4.74 Å². The van der Waals surface area contributed by atoms with Crippen molar-refractivity contribution in [2.45, 2.75) is 32.4 Å². The molecule has 0 bridgehead atoms. The Morgan fingerprint density at radius 3 is 2.35 bits per heavy atom. The largest absolute Gasteiger partial charge is 0.374 e. The molecule has 0 saturated heterocycles. The van der Waals surface area contributed by atoms with Gasteiger partial charge in [-0.15, -0.1) is 0 Å². The molecule has 4 heteroatoms. The summed E-state index contributed by atoms with van der Waals surface area (Å²) in [4.78, 5) is 0. The van der Waals surface area contributed by atoms with Crippen molar-refractivity contribution in [1.82, 2.24) is 5.32 Å². The second kappa shape index (κ2) is 6.05. The lowest BCUT2D eigenvalue weighted by atomic mass is 10.1. The standard InChI is InChI=1S/C13H19Cl2NO/c1-13(2,3)17-8-12(16-4)9-5-6-10(14)11(15)7-9/h5-7,12,16H,8H2,1-4H3. The summed E-state index contributed by atoms with van der Waals surface area (Å²) in [6.45, 7) is 6.70. The molecule has 1 aromatic rings. The predicted octanol–water partition coefficient (Wildman–Crippen LogP) is 4.07. The van der Waals surface area contributed by atoms with Gasteiger partial charge in [-0.2, -0.15) is 0 Å². The summed E-state index contributed by atoms with van der Waals surface area (Å²) in [7, 11) is 1.90. The van der Waals surface area contributed by atoms with Crippen LogP contribution in [0.2, 0.25) is 10.0 Å². The second-order valence-electron chi connectivity index (χ2n) is 4.94. The minimum Gasteiger partial charge on any atom is -0.374 e. The molecule has 1 N–H and O–H groups in total. The summed E-state index contributed by atoms with van der Waals surface area (Å²) in [5.41, 5.74) is 0.928. The highest BCUT2D eigenvalue weighted by Crippen LogP contribution is 2.26. The maximum Gasteiger partial charge on any atom is 0.0668 e. The molecule has 17 heavy (non-hydrogen) atoms. The predicted molar refractivity (Wildman–Crippen MR) is 74.0 cm³/mol. The van der Waals surface area contributed by atoms with Gasteiger partial charge in [-0.25, -0.2) is 0 Å². The summed E-state index contributed by atoms with van der Waals surface area (Å²) in [6, 6.07) is 5.75. The third kappa shape index (κ3) is 4.84. The molecule has 0 aromatic heterocycles. The van der Waals surface area contributed by atoms with Crippen molar-refractivity contribution in [3.8, 4) is 0 Å². The van der Waals surface area contributed by atoms with E-state index in [1.54, 1.807) is 6.07 Å². The first-order valence-corrected chi connectivity index (χ1v) is 6.35. The Hall–Kier alpha value is -0.280. The van der Waals surface area contributed by atoms with Crippen LogP contribution in [0.1, 0.15) is 32.4 Å². The number of likely N-dealkylation sites (N-methyl/N-ethyl adjacent to an activating group) is 1. The fraction of sp³-hybridized carbons (Fsp3) is 0.538. The lowest BCUT2D eigenvalue weighted by molar-refractivity contribution is -0.0139. The zero-order valence-electron chi connectivity index (χ0n) is 10.7. The topological polar surface area (TPSA) is 21.3 Å². The van der Waals surface area contributed by atoms with Crippen molar-refractivity contribution in [2.75, 3.05) is 13.7 Å². The maximum atomic E-state index is 6.00. The average Bonchev–Trinajstić information content (AvgIpc) is 2.22. The minimum atomic E-state index is -0.147. The normalized spacial score (nSPS) is 13.8. The molecular formula is C13H19Cl2NO. The van der Waals surface area contributed by atoms with Gasteiger partial charge in [-0.3, -0.25) is 0 Å². The molecule has 96 valence electrons. The van der Waals surface area contributed by atoms with E-state index in [-0.39, 0.29) is 11.6 Å². The fourth-order valence-electron chi connectivity index (χ4n) is 1.41. The van der Waals surface area contributed by atoms with Crippen molar-refractivity contribution in [1.29, 1.82) is 0 Å². The van der Waals surface area contributed by atoms with E-state index in [4.69, 9.17) is 27.9 Å². The van der Waals surface area contributed by atoms with Crippen molar-refractivity contribution in [2.24, 2.45) is 0 Å². The SMILES string of the molecule is CNC(COC(C)(C)C)c1ccc(Cl)c(Cl)c1. The van der Waals surface area contributed by atoms with Crippen LogP contribution in [0.25, 0.3) is 0 Å². The average molecular weight is 276 g/mol. The summed E-state index contributed by atoms with van der Waals surface area (Å²) >= 11 is 11.9. The van der Waals surface area contributed by atoms with Gasteiger partial charge in [0, 0.05) is 0 Å². The Morgan fingerprint density at radius 2 is 1.88 bits per heavy atom. The van der Waals surface area contributed by atoms with Crippen LogP contribution >= 0.6 is 23.2 Å². The lowest BCUT2D eigenvalue weighted by Crippen LogP contribution is -2.28. The van der Waals surface area contributed by atoms with E-state index in [1.807, 2.05) is 40.0 Å². The highest BCUT2D eigenvalue weighted by molar-refractivity contribution is 6.42. The third-order valence-corrected chi connectivity index (χ3v) is 3.12. The first-order valence-electron chi connectivity index (χ1n) is 5.59. The Balaban J connectivity index is 2.76. The maximum absolute atomic E-state index is 6.00. The monoisotopic (exact) mass is 275 g/mol. The van der Waals surface area contributed by atoms with Crippen molar-refractivity contribution >= 4 is 23.2 Å². The van der Waals surface area contributed by atoms with Crippen LogP contribution in [0.4, 0.5) is 0 Å². The molecule has 0 aliphatic rings. The van der Waals surface area contributed by atoms with E-state index < -0.39 is 0 Å². The van der Waals surface area contributed by atoms with Gasteiger partial charge in [0.25, 0.3) is 0 Å². The van der Waals surface area contributed by atoms with E-state index in [2.05, 4.69) is 5.32 Å². The van der Waals surface area contributed by atoms with Gasteiger partial charge >= 0.3 is 0 Å². The Bertz CT molecular complexity index is 374. The molecule has 0 aliphatic carbocycles. The molecule has 1 unspecified atom stereocenters. The molecule has 1 aromatic carbocycles.